The van der Waals surface area contributed by atoms with E-state index < -0.39 is 5.91 Å². The third-order valence-corrected chi connectivity index (χ3v) is 4.11. The predicted octanol–water partition coefficient (Wildman–Crippen LogP) is 0.400. The number of methoxy groups -OCH3 is 1. The molecule has 1 amide bonds. The Balaban J connectivity index is 1.97. The number of carbonyl (C=O) groups excluding carboxylic acids is 1. The van der Waals surface area contributed by atoms with E-state index in [4.69, 9.17) is 12.6 Å². The molecule has 1 aliphatic rings. The van der Waals surface area contributed by atoms with Gasteiger partial charge < -0.3 is 10.1 Å². The number of hydrogen-bond acceptors (Lipinski definition) is 5. The Morgan fingerprint density at radius 3 is 3.04 bits per heavy atom. The summed E-state index contributed by atoms with van der Waals surface area (Å²) in [4.78, 5) is 25.1. The van der Waals surface area contributed by atoms with Gasteiger partial charge in [-0.1, -0.05) is 0 Å². The highest BCUT2D eigenvalue weighted by Crippen LogP contribution is 2.24. The molecule has 7 nitrogen and oxygen atoms in total. The van der Waals surface area contributed by atoms with Crippen LogP contribution in [0, 0.1) is 0 Å². The van der Waals surface area contributed by atoms with Gasteiger partial charge in [-0.05, 0) is 29.7 Å². The molecule has 0 fully saturated rings. The first kappa shape index (κ1) is 15.4. The minimum atomic E-state index is -0.400. The Bertz CT molecular complexity index is 1050. The molecule has 0 aliphatic carbocycles. The lowest BCUT2D eigenvalue weighted by Gasteiger charge is -2.12. The molecular weight excluding hydrogens is 317 g/mol. The number of pyridine rings is 1. The summed E-state index contributed by atoms with van der Waals surface area (Å²) in [6, 6.07) is 7.06. The zero-order valence-electron chi connectivity index (χ0n) is 13.6. The lowest BCUT2D eigenvalue weighted by molar-refractivity contribution is 0.0996. The second-order valence-electron chi connectivity index (χ2n) is 5.58. The quantitative estimate of drug-likeness (QED) is 0.688. The standard InChI is InChI=1S/C17H14BN5O2/c1-25-12-5-4-11-14(13(12)18)21-17(23-8-7-20-15(11)23)22-16(24)10-3-2-6-19-9-10/h2-6,9,20H,7-8H2,1H3. The van der Waals surface area contributed by atoms with Gasteiger partial charge in [0.2, 0.25) is 5.62 Å². The monoisotopic (exact) mass is 331 g/mol. The van der Waals surface area contributed by atoms with Gasteiger partial charge >= 0.3 is 0 Å². The number of anilines is 1. The second-order valence-corrected chi connectivity index (χ2v) is 5.58. The van der Waals surface area contributed by atoms with E-state index in [1.54, 1.807) is 31.5 Å². The number of benzene rings is 1. The number of rotatable bonds is 2. The van der Waals surface area contributed by atoms with Crippen LogP contribution in [-0.4, -0.2) is 41.9 Å². The SMILES string of the molecule is [B]c1c(OC)ccc2c3n(c(=NC(=O)c4cccnc4)nc12)CCN3. The van der Waals surface area contributed by atoms with E-state index in [0.717, 1.165) is 17.7 Å². The molecule has 0 bridgehead atoms. The normalized spacial score (nSPS) is 13.6. The predicted molar refractivity (Wildman–Crippen MR) is 94.3 cm³/mol. The third-order valence-electron chi connectivity index (χ3n) is 4.11. The lowest BCUT2D eigenvalue weighted by Crippen LogP contribution is -2.27. The lowest BCUT2D eigenvalue weighted by atomic mass is 9.92. The van der Waals surface area contributed by atoms with Crippen molar-refractivity contribution in [2.45, 2.75) is 6.54 Å². The molecule has 0 saturated heterocycles. The number of hydrogen-bond donors (Lipinski definition) is 1. The maximum atomic E-state index is 12.4. The topological polar surface area (TPSA) is 81.4 Å². The molecule has 2 aromatic heterocycles. The summed E-state index contributed by atoms with van der Waals surface area (Å²) in [5.41, 5.74) is 1.68. The Hall–Kier alpha value is -3.16. The molecule has 25 heavy (non-hydrogen) atoms. The summed E-state index contributed by atoms with van der Waals surface area (Å²) in [5.74, 6) is 0.979. The van der Waals surface area contributed by atoms with E-state index in [1.165, 1.54) is 6.20 Å². The first-order chi connectivity index (χ1) is 12.2. The van der Waals surface area contributed by atoms with Gasteiger partial charge in [0.15, 0.2) is 0 Å². The van der Waals surface area contributed by atoms with Crippen LogP contribution in [0.4, 0.5) is 5.82 Å². The van der Waals surface area contributed by atoms with Crippen molar-refractivity contribution < 1.29 is 9.53 Å². The Labute approximate surface area is 144 Å². The number of ether oxygens (including phenoxy) is 1. The average molecular weight is 331 g/mol. The maximum Gasteiger partial charge on any atom is 0.281 e. The Morgan fingerprint density at radius 1 is 1.40 bits per heavy atom. The van der Waals surface area contributed by atoms with Crippen LogP contribution in [0.2, 0.25) is 0 Å². The van der Waals surface area contributed by atoms with Crippen LogP contribution in [-0.2, 0) is 6.54 Å². The zero-order valence-corrected chi connectivity index (χ0v) is 13.6. The van der Waals surface area contributed by atoms with Crippen molar-refractivity contribution in [1.82, 2.24) is 14.5 Å². The van der Waals surface area contributed by atoms with Crippen LogP contribution in [0.15, 0.2) is 41.7 Å². The van der Waals surface area contributed by atoms with Crippen LogP contribution >= 0.6 is 0 Å². The number of amides is 1. The Kier molecular flexibility index (Phi) is 3.72. The van der Waals surface area contributed by atoms with Gasteiger partial charge in [0.1, 0.15) is 19.4 Å². The summed E-state index contributed by atoms with van der Waals surface area (Å²) in [5, 5.41) is 4.17. The van der Waals surface area contributed by atoms with Crippen molar-refractivity contribution in [3.05, 3.63) is 47.8 Å². The van der Waals surface area contributed by atoms with E-state index >= 15 is 0 Å². The second kappa shape index (κ2) is 6.05. The van der Waals surface area contributed by atoms with Gasteiger partial charge in [-0.2, -0.15) is 4.99 Å². The Morgan fingerprint density at radius 2 is 2.28 bits per heavy atom. The highest BCUT2D eigenvalue weighted by atomic mass is 16.5. The first-order valence-electron chi connectivity index (χ1n) is 7.79. The minimum absolute atomic E-state index is 0.307. The van der Waals surface area contributed by atoms with E-state index in [9.17, 15) is 4.79 Å². The molecule has 8 heteroatoms. The third kappa shape index (κ3) is 2.55. The molecule has 3 heterocycles. The van der Waals surface area contributed by atoms with Gasteiger partial charge in [-0.25, -0.2) is 4.98 Å². The summed E-state index contributed by atoms with van der Waals surface area (Å²) in [7, 11) is 7.72. The highest BCUT2D eigenvalue weighted by molar-refractivity contribution is 6.40. The van der Waals surface area contributed by atoms with Crippen molar-refractivity contribution in [1.29, 1.82) is 0 Å². The number of nitrogens with one attached hydrogen (secondary N) is 1. The molecule has 4 rings (SSSR count). The zero-order chi connectivity index (χ0) is 17.4. The van der Waals surface area contributed by atoms with Crippen molar-refractivity contribution in [3.8, 4) is 5.75 Å². The van der Waals surface area contributed by atoms with Crippen molar-refractivity contribution >= 4 is 35.9 Å². The number of carbonyl (C=O) groups is 1. The number of nitrogens with zero attached hydrogens (tertiary/aromatic N) is 4. The fourth-order valence-corrected chi connectivity index (χ4v) is 2.90. The largest absolute Gasteiger partial charge is 0.497 e. The molecule has 1 aromatic carbocycles. The summed E-state index contributed by atoms with van der Waals surface area (Å²) in [6.07, 6.45) is 3.09. The molecule has 1 aliphatic heterocycles. The van der Waals surface area contributed by atoms with Crippen molar-refractivity contribution in [2.75, 3.05) is 19.0 Å². The molecular formula is C17H14BN5O2. The maximum absolute atomic E-state index is 12.4. The molecule has 2 radical (unpaired) electrons. The molecule has 0 atom stereocenters. The van der Waals surface area contributed by atoms with Gasteiger partial charge in [0, 0.05) is 30.9 Å². The van der Waals surface area contributed by atoms with Crippen LogP contribution in [0.1, 0.15) is 10.4 Å². The number of aromatic nitrogens is 3. The molecule has 122 valence electrons. The summed E-state index contributed by atoms with van der Waals surface area (Å²) < 4.78 is 7.14. The van der Waals surface area contributed by atoms with E-state index in [1.807, 2.05) is 10.6 Å². The van der Waals surface area contributed by atoms with E-state index in [2.05, 4.69) is 20.3 Å². The van der Waals surface area contributed by atoms with Crippen LogP contribution in [0.5, 0.6) is 5.75 Å². The van der Waals surface area contributed by atoms with E-state index in [-0.39, 0.29) is 0 Å². The van der Waals surface area contributed by atoms with Gasteiger partial charge in [-0.3, -0.25) is 14.3 Å². The number of fused-ring (bicyclic) bond motifs is 3. The van der Waals surface area contributed by atoms with Crippen LogP contribution in [0.3, 0.4) is 0 Å². The minimum Gasteiger partial charge on any atom is -0.497 e. The average Bonchev–Trinajstić information content (AvgIpc) is 3.14. The first-order valence-corrected chi connectivity index (χ1v) is 7.79. The van der Waals surface area contributed by atoms with Crippen molar-refractivity contribution in [3.63, 3.8) is 0 Å². The molecule has 0 spiro atoms. The summed E-state index contributed by atoms with van der Waals surface area (Å²) in [6.45, 7) is 1.40. The molecule has 0 unspecified atom stereocenters. The fraction of sp³-hybridized carbons (Fsp3) is 0.176. The van der Waals surface area contributed by atoms with Gasteiger partial charge in [0.25, 0.3) is 5.91 Å². The fourth-order valence-electron chi connectivity index (χ4n) is 2.90. The van der Waals surface area contributed by atoms with Gasteiger partial charge in [-0.15, -0.1) is 0 Å². The van der Waals surface area contributed by atoms with Crippen LogP contribution < -0.4 is 21.1 Å². The van der Waals surface area contributed by atoms with E-state index in [0.29, 0.717) is 34.5 Å². The van der Waals surface area contributed by atoms with Crippen molar-refractivity contribution in [2.24, 2.45) is 4.99 Å². The van der Waals surface area contributed by atoms with Crippen LogP contribution in [0.25, 0.3) is 10.9 Å². The smallest absolute Gasteiger partial charge is 0.281 e. The van der Waals surface area contributed by atoms with Gasteiger partial charge in [0.05, 0.1) is 18.2 Å². The molecule has 3 aromatic rings. The summed E-state index contributed by atoms with van der Waals surface area (Å²) >= 11 is 0. The molecule has 0 saturated carbocycles. The molecule has 1 N–H and O–H groups in total. The highest BCUT2D eigenvalue weighted by Gasteiger charge is 2.18.